The van der Waals surface area contributed by atoms with Gasteiger partial charge in [-0.1, -0.05) is 13.0 Å². The molecule has 2 aromatic rings. The lowest BCUT2D eigenvalue weighted by Gasteiger charge is -2.34. The van der Waals surface area contributed by atoms with Gasteiger partial charge in [-0.3, -0.25) is 14.7 Å². The van der Waals surface area contributed by atoms with Crippen LogP contribution in [-0.4, -0.2) is 84.9 Å². The third-order valence-electron chi connectivity index (χ3n) is 7.65. The first-order chi connectivity index (χ1) is 19.3. The number of methoxy groups -OCH3 is 1. The fraction of sp³-hybridized carbons (Fsp3) is 0.556. The van der Waals surface area contributed by atoms with Crippen LogP contribution >= 0.6 is 0 Å². The monoisotopic (exact) mass is 591 g/mol. The second-order valence-electron chi connectivity index (χ2n) is 10.4. The summed E-state index contributed by atoms with van der Waals surface area (Å²) in [6.45, 7) is 2.20. The van der Waals surface area contributed by atoms with Crippen LogP contribution in [0.5, 0.6) is 5.75 Å². The Balaban J connectivity index is 1.66. The Morgan fingerprint density at radius 3 is 2.63 bits per heavy atom. The van der Waals surface area contributed by atoms with E-state index < -0.39 is 65.3 Å². The number of alkyl halides is 4. The van der Waals surface area contributed by atoms with Gasteiger partial charge in [-0.15, -0.1) is 0 Å². The van der Waals surface area contributed by atoms with Crippen molar-refractivity contribution >= 4 is 11.6 Å². The molecular formula is C27H31F6N3O5. The summed E-state index contributed by atoms with van der Waals surface area (Å²) in [5.41, 5.74) is -2.76. The van der Waals surface area contributed by atoms with Gasteiger partial charge in [0.25, 0.3) is 5.91 Å². The third kappa shape index (κ3) is 6.30. The molecule has 226 valence electrons. The Morgan fingerprint density at radius 1 is 1.29 bits per heavy atom. The largest absolute Gasteiger partial charge is 0.489 e. The number of ether oxygens (including phenoxy) is 3. The Kier molecular flexibility index (Phi) is 9.16. The van der Waals surface area contributed by atoms with Crippen LogP contribution in [0.1, 0.15) is 37.1 Å². The van der Waals surface area contributed by atoms with Crippen LogP contribution in [0.4, 0.5) is 32.0 Å². The van der Waals surface area contributed by atoms with E-state index in [2.05, 4.69) is 10.3 Å². The first-order valence-electron chi connectivity index (χ1n) is 12.9. The number of nitrogens with zero attached hydrogens (tertiary/aromatic N) is 2. The Bertz CT molecular complexity index is 1240. The molecular weight excluding hydrogens is 560 g/mol. The van der Waals surface area contributed by atoms with Crippen LogP contribution < -0.4 is 10.1 Å². The maximum absolute atomic E-state index is 15.0. The van der Waals surface area contributed by atoms with E-state index in [0.29, 0.717) is 0 Å². The van der Waals surface area contributed by atoms with Crippen molar-refractivity contribution in [2.75, 3.05) is 45.3 Å². The SMILES string of the molecule is COC[C@H](O)c1cc(NC(=O)[C@@H]2O[C@@](C)(C(F)(F)F)[C@@H](C)[C@H]2c2ccc(F)c(F)c2OCCN2CC(F)C2)ccn1. The molecule has 4 rings (SSSR count). The van der Waals surface area contributed by atoms with Crippen molar-refractivity contribution in [3.05, 3.63) is 53.4 Å². The highest BCUT2D eigenvalue weighted by molar-refractivity contribution is 5.95. The topological polar surface area (TPSA) is 93.2 Å². The maximum atomic E-state index is 15.0. The summed E-state index contributed by atoms with van der Waals surface area (Å²) >= 11 is 0. The highest BCUT2D eigenvalue weighted by atomic mass is 19.4. The summed E-state index contributed by atoms with van der Waals surface area (Å²) in [6, 6.07) is 4.51. The zero-order chi connectivity index (χ0) is 30.1. The van der Waals surface area contributed by atoms with Gasteiger partial charge >= 0.3 is 6.18 Å². The molecule has 0 spiro atoms. The number of pyridine rings is 1. The summed E-state index contributed by atoms with van der Waals surface area (Å²) in [4.78, 5) is 19.1. The number of carbonyl (C=O) groups excluding carboxylic acids is 1. The van der Waals surface area contributed by atoms with Gasteiger partial charge in [0.1, 0.15) is 25.0 Å². The van der Waals surface area contributed by atoms with Gasteiger partial charge in [0.2, 0.25) is 5.82 Å². The van der Waals surface area contributed by atoms with Crippen LogP contribution in [0.15, 0.2) is 30.5 Å². The standard InChI is InChI=1S/C27H31F6N3O5/c1-14-21(17-4-5-18(29)22(30)23(17)40-9-8-36-11-15(28)12-36)24(41-26(14,2)27(31,32)33)25(38)35-16-6-7-34-19(10-16)20(37)13-39-3/h4-7,10,14-15,20-21,24,37H,8-9,11-13H2,1-3H3,(H,34,35,38)/t14-,20-,21-,24+,26+/m0/s1. The zero-order valence-electron chi connectivity index (χ0n) is 22.6. The molecule has 0 bridgehead atoms. The number of hydrogen-bond donors (Lipinski definition) is 2. The molecule has 0 unspecified atom stereocenters. The molecule has 1 amide bonds. The molecule has 2 aliphatic rings. The molecule has 0 saturated carbocycles. The second kappa shape index (κ2) is 12.1. The van der Waals surface area contributed by atoms with Crippen molar-refractivity contribution in [3.8, 4) is 5.75 Å². The molecule has 8 nitrogen and oxygen atoms in total. The Labute approximate surface area is 232 Å². The van der Waals surface area contributed by atoms with Crippen LogP contribution in [0.3, 0.4) is 0 Å². The molecule has 1 aromatic carbocycles. The molecule has 0 radical (unpaired) electrons. The number of amides is 1. The molecule has 2 N–H and O–H groups in total. The minimum absolute atomic E-state index is 0.0926. The van der Waals surface area contributed by atoms with Crippen molar-refractivity contribution in [3.63, 3.8) is 0 Å². The first kappa shape index (κ1) is 31.0. The average Bonchev–Trinajstić information content (AvgIpc) is 3.17. The fourth-order valence-electron chi connectivity index (χ4n) is 5.11. The van der Waals surface area contributed by atoms with Crippen molar-refractivity contribution in [2.45, 2.75) is 49.9 Å². The van der Waals surface area contributed by atoms with Crippen LogP contribution in [0.2, 0.25) is 0 Å². The molecule has 14 heteroatoms. The number of hydrogen-bond acceptors (Lipinski definition) is 7. The first-order valence-corrected chi connectivity index (χ1v) is 12.9. The van der Waals surface area contributed by atoms with Gasteiger partial charge in [-0.05, 0) is 25.1 Å². The minimum Gasteiger partial charge on any atom is -0.489 e. The summed E-state index contributed by atoms with van der Waals surface area (Å²) in [5, 5.41) is 12.6. The molecule has 5 atom stereocenters. The van der Waals surface area contributed by atoms with Gasteiger partial charge < -0.3 is 24.6 Å². The summed E-state index contributed by atoms with van der Waals surface area (Å²) in [7, 11) is 1.37. The van der Waals surface area contributed by atoms with Crippen LogP contribution in [-0.2, 0) is 14.3 Å². The van der Waals surface area contributed by atoms with Crippen molar-refractivity contribution in [1.82, 2.24) is 9.88 Å². The Morgan fingerprint density at radius 2 is 2.00 bits per heavy atom. The van der Waals surface area contributed by atoms with Crippen molar-refractivity contribution < 1.29 is 50.5 Å². The molecule has 2 saturated heterocycles. The van der Waals surface area contributed by atoms with E-state index in [9.17, 15) is 31.9 Å². The number of nitrogens with one attached hydrogen (secondary N) is 1. The van der Waals surface area contributed by atoms with E-state index in [1.54, 1.807) is 4.90 Å². The summed E-state index contributed by atoms with van der Waals surface area (Å²) in [6.07, 6.45) is -7.56. The van der Waals surface area contributed by atoms with E-state index >= 15 is 4.39 Å². The van der Waals surface area contributed by atoms with Gasteiger partial charge in [0.15, 0.2) is 17.2 Å². The van der Waals surface area contributed by atoms with Gasteiger partial charge in [0, 0.05) is 56.0 Å². The van der Waals surface area contributed by atoms with Gasteiger partial charge in [-0.2, -0.15) is 17.6 Å². The molecule has 41 heavy (non-hydrogen) atoms. The van der Waals surface area contributed by atoms with Gasteiger partial charge in [-0.25, -0.2) is 8.78 Å². The number of aliphatic hydroxyl groups is 1. The highest BCUT2D eigenvalue weighted by Crippen LogP contribution is 2.55. The minimum atomic E-state index is -4.92. The van der Waals surface area contributed by atoms with E-state index in [1.807, 2.05) is 0 Å². The molecule has 1 aromatic heterocycles. The maximum Gasteiger partial charge on any atom is 0.417 e. The van der Waals surface area contributed by atoms with E-state index in [0.717, 1.165) is 19.1 Å². The zero-order valence-corrected chi connectivity index (χ0v) is 22.6. The van der Waals surface area contributed by atoms with Crippen molar-refractivity contribution in [1.29, 1.82) is 0 Å². The highest BCUT2D eigenvalue weighted by Gasteiger charge is 2.66. The van der Waals surface area contributed by atoms with E-state index in [-0.39, 0.29) is 49.8 Å². The normalized spacial score (nSPS) is 26.0. The summed E-state index contributed by atoms with van der Waals surface area (Å²) < 4.78 is 101. The predicted molar refractivity (Wildman–Crippen MR) is 134 cm³/mol. The molecule has 2 fully saturated rings. The number of benzene rings is 1. The van der Waals surface area contributed by atoms with Crippen molar-refractivity contribution in [2.24, 2.45) is 5.92 Å². The van der Waals surface area contributed by atoms with Gasteiger partial charge in [0.05, 0.1) is 12.3 Å². The quantitative estimate of drug-likeness (QED) is 0.401. The number of aliphatic hydroxyl groups excluding tert-OH is 1. The number of anilines is 1. The smallest absolute Gasteiger partial charge is 0.417 e. The van der Waals surface area contributed by atoms with E-state index in [1.165, 1.54) is 32.4 Å². The lowest BCUT2D eigenvalue weighted by molar-refractivity contribution is -0.272. The lowest BCUT2D eigenvalue weighted by Crippen LogP contribution is -2.49. The Hall–Kier alpha value is -2.94. The predicted octanol–water partition coefficient (Wildman–Crippen LogP) is 4.15. The number of rotatable bonds is 10. The number of carbonyl (C=O) groups is 1. The number of halogens is 6. The molecule has 0 aliphatic carbocycles. The molecule has 2 aliphatic heterocycles. The lowest BCUT2D eigenvalue weighted by atomic mass is 9.77. The third-order valence-corrected chi connectivity index (χ3v) is 7.65. The second-order valence-corrected chi connectivity index (χ2v) is 10.4. The number of likely N-dealkylation sites (tertiary alicyclic amines) is 1. The fourth-order valence-corrected chi connectivity index (χ4v) is 5.11. The van der Waals surface area contributed by atoms with Crippen LogP contribution in [0, 0.1) is 17.6 Å². The molecule has 3 heterocycles. The number of aromatic nitrogens is 1. The average molecular weight is 592 g/mol. The van der Waals surface area contributed by atoms with E-state index in [4.69, 9.17) is 14.2 Å². The summed E-state index contributed by atoms with van der Waals surface area (Å²) in [5.74, 6) is -7.19. The van der Waals surface area contributed by atoms with Crippen LogP contribution in [0.25, 0.3) is 0 Å².